The number of carbonyl (C=O) groups is 2. The van der Waals surface area contributed by atoms with E-state index in [4.69, 9.17) is 17.3 Å². The molecule has 1 unspecified atom stereocenters. The van der Waals surface area contributed by atoms with E-state index in [2.05, 4.69) is 15.5 Å². The number of hydrogen-bond donors (Lipinski definition) is 2. The minimum absolute atomic E-state index is 0.0918. The number of rotatable bonds is 6. The van der Waals surface area contributed by atoms with Gasteiger partial charge in [0.15, 0.2) is 5.69 Å². The molecule has 0 radical (unpaired) electrons. The molecule has 25 heavy (non-hydrogen) atoms. The van der Waals surface area contributed by atoms with Crippen LogP contribution >= 0.6 is 11.6 Å². The quantitative estimate of drug-likeness (QED) is 0.808. The monoisotopic (exact) mass is 374 g/mol. The first-order valence-corrected chi connectivity index (χ1v) is 7.75. The van der Waals surface area contributed by atoms with Crippen molar-refractivity contribution >= 4 is 29.1 Å². The highest BCUT2D eigenvalue weighted by Crippen LogP contribution is 2.30. The molecule has 0 aromatic carbocycles. The molecule has 3 N–H and O–H groups in total. The fourth-order valence-electron chi connectivity index (χ4n) is 2.24. The Kier molecular flexibility index (Phi) is 5.41. The highest BCUT2D eigenvalue weighted by molar-refractivity contribution is 6.31. The average Bonchev–Trinajstić information content (AvgIpc) is 3.09. The van der Waals surface area contributed by atoms with Gasteiger partial charge in [0.05, 0.1) is 16.4 Å². The highest BCUT2D eigenvalue weighted by atomic mass is 35.5. The average molecular weight is 375 g/mol. The van der Waals surface area contributed by atoms with Crippen LogP contribution in [0.25, 0.3) is 0 Å². The van der Waals surface area contributed by atoms with Crippen LogP contribution in [0.2, 0.25) is 5.02 Å². The van der Waals surface area contributed by atoms with Crippen LogP contribution in [0.1, 0.15) is 48.2 Å². The SMILES string of the molecule is CCn1cc(NC(=O)C(C)n2nc(C(F)F)c(Cl)c2C)c(C(N)=O)n1. The number of anilines is 1. The number of nitrogens with two attached hydrogens (primary N) is 1. The fraction of sp³-hybridized carbons (Fsp3) is 0.429. The second kappa shape index (κ2) is 7.18. The Balaban J connectivity index is 2.29. The summed E-state index contributed by atoms with van der Waals surface area (Å²) in [7, 11) is 0. The van der Waals surface area contributed by atoms with Gasteiger partial charge in [-0.1, -0.05) is 11.6 Å². The van der Waals surface area contributed by atoms with Crippen molar-refractivity contribution in [1.29, 1.82) is 0 Å². The van der Waals surface area contributed by atoms with Gasteiger partial charge in [0, 0.05) is 12.7 Å². The summed E-state index contributed by atoms with van der Waals surface area (Å²) in [5.74, 6) is -1.38. The summed E-state index contributed by atoms with van der Waals surface area (Å²) in [6, 6.07) is -0.948. The van der Waals surface area contributed by atoms with E-state index in [0.29, 0.717) is 6.54 Å². The van der Waals surface area contributed by atoms with Crippen LogP contribution in [-0.2, 0) is 11.3 Å². The Labute approximate surface area is 146 Å². The second-order valence-corrected chi connectivity index (χ2v) is 5.68. The van der Waals surface area contributed by atoms with Crippen molar-refractivity contribution in [3.8, 4) is 0 Å². The zero-order valence-corrected chi connectivity index (χ0v) is 14.5. The molecule has 0 aliphatic rings. The predicted octanol–water partition coefficient (Wildman–Crippen LogP) is 2.30. The normalized spacial score (nSPS) is 12.4. The van der Waals surface area contributed by atoms with E-state index >= 15 is 0 Å². The molecule has 11 heteroatoms. The smallest absolute Gasteiger partial charge is 0.283 e. The molecule has 0 bridgehead atoms. The second-order valence-electron chi connectivity index (χ2n) is 5.31. The Morgan fingerprint density at radius 2 is 2.04 bits per heavy atom. The van der Waals surface area contributed by atoms with Gasteiger partial charge >= 0.3 is 0 Å². The summed E-state index contributed by atoms with van der Waals surface area (Å²) in [4.78, 5) is 23.9. The molecular formula is C14H17ClF2N6O2. The Morgan fingerprint density at radius 1 is 1.40 bits per heavy atom. The number of carbonyl (C=O) groups excluding carboxylic acids is 2. The minimum atomic E-state index is -2.85. The molecule has 0 spiro atoms. The van der Waals surface area contributed by atoms with Gasteiger partial charge in [0.25, 0.3) is 12.3 Å². The molecule has 2 aromatic rings. The van der Waals surface area contributed by atoms with Gasteiger partial charge in [-0.2, -0.15) is 10.2 Å². The standard InChI is InChI=1S/C14H17ClF2N6O2/c1-4-22-5-8(10(20-22)13(18)24)19-14(25)7(3)23-6(2)9(15)11(21-23)12(16)17/h5,7,12H,4H2,1-3H3,(H2,18,24)(H,19,25). The van der Waals surface area contributed by atoms with Crippen molar-refractivity contribution in [3.63, 3.8) is 0 Å². The van der Waals surface area contributed by atoms with E-state index in [1.807, 2.05) is 0 Å². The number of aryl methyl sites for hydroxylation is 1. The third-order valence-corrected chi connectivity index (χ3v) is 4.10. The third kappa shape index (κ3) is 3.63. The van der Waals surface area contributed by atoms with E-state index in [9.17, 15) is 18.4 Å². The molecule has 2 rings (SSSR count). The number of nitrogens with zero attached hydrogens (tertiary/aromatic N) is 4. The molecule has 0 fully saturated rings. The number of nitrogens with one attached hydrogen (secondary N) is 1. The molecule has 2 aromatic heterocycles. The van der Waals surface area contributed by atoms with Crippen molar-refractivity contribution < 1.29 is 18.4 Å². The lowest BCUT2D eigenvalue weighted by Gasteiger charge is -2.14. The number of halogens is 3. The highest BCUT2D eigenvalue weighted by Gasteiger charge is 2.26. The van der Waals surface area contributed by atoms with Crippen molar-refractivity contribution in [2.24, 2.45) is 5.73 Å². The number of alkyl halides is 2. The van der Waals surface area contributed by atoms with Gasteiger partial charge in [-0.25, -0.2) is 8.78 Å². The van der Waals surface area contributed by atoms with Crippen molar-refractivity contribution in [1.82, 2.24) is 19.6 Å². The summed E-state index contributed by atoms with van der Waals surface area (Å²) in [5.41, 5.74) is 4.93. The molecule has 2 heterocycles. The van der Waals surface area contributed by atoms with Gasteiger partial charge < -0.3 is 11.1 Å². The first-order chi connectivity index (χ1) is 11.7. The summed E-state index contributed by atoms with van der Waals surface area (Å²) in [6.07, 6.45) is -1.40. The lowest BCUT2D eigenvalue weighted by Crippen LogP contribution is -2.26. The van der Waals surface area contributed by atoms with Gasteiger partial charge in [0.1, 0.15) is 11.7 Å². The van der Waals surface area contributed by atoms with Crippen LogP contribution in [0.4, 0.5) is 14.5 Å². The van der Waals surface area contributed by atoms with Crippen LogP contribution in [0.3, 0.4) is 0 Å². The van der Waals surface area contributed by atoms with E-state index in [1.54, 1.807) is 6.92 Å². The molecule has 0 aliphatic heterocycles. The van der Waals surface area contributed by atoms with E-state index in [0.717, 1.165) is 4.68 Å². The maximum Gasteiger partial charge on any atom is 0.283 e. The molecule has 8 nitrogen and oxygen atoms in total. The third-order valence-electron chi connectivity index (χ3n) is 3.63. The van der Waals surface area contributed by atoms with Crippen LogP contribution in [0.5, 0.6) is 0 Å². The minimum Gasteiger partial charge on any atom is -0.364 e. The van der Waals surface area contributed by atoms with Gasteiger partial charge in [-0.3, -0.25) is 19.0 Å². The van der Waals surface area contributed by atoms with Crippen molar-refractivity contribution in [2.45, 2.75) is 39.8 Å². The molecule has 1 atom stereocenters. The molecule has 0 saturated carbocycles. The molecule has 0 aliphatic carbocycles. The summed E-state index contributed by atoms with van der Waals surface area (Å²) in [6.45, 7) is 5.22. The van der Waals surface area contributed by atoms with E-state index in [-0.39, 0.29) is 22.1 Å². The largest absolute Gasteiger partial charge is 0.364 e. The van der Waals surface area contributed by atoms with Gasteiger partial charge in [-0.05, 0) is 20.8 Å². The number of aromatic nitrogens is 4. The summed E-state index contributed by atoms with van der Waals surface area (Å²) in [5, 5.41) is 10.00. The van der Waals surface area contributed by atoms with Crippen LogP contribution < -0.4 is 11.1 Å². The van der Waals surface area contributed by atoms with Gasteiger partial charge in [0.2, 0.25) is 5.91 Å². The maximum atomic E-state index is 12.9. The first-order valence-electron chi connectivity index (χ1n) is 7.38. The molecule has 136 valence electrons. The van der Waals surface area contributed by atoms with Crippen LogP contribution in [0.15, 0.2) is 6.20 Å². The molecular weight excluding hydrogens is 358 g/mol. The zero-order valence-electron chi connectivity index (χ0n) is 13.8. The fourth-order valence-corrected chi connectivity index (χ4v) is 2.45. The lowest BCUT2D eigenvalue weighted by molar-refractivity contribution is -0.119. The van der Waals surface area contributed by atoms with Crippen molar-refractivity contribution in [3.05, 3.63) is 28.3 Å². The molecule has 2 amide bonds. The first kappa shape index (κ1) is 18.8. The van der Waals surface area contributed by atoms with E-state index in [1.165, 1.54) is 24.7 Å². The van der Waals surface area contributed by atoms with Crippen LogP contribution in [0, 0.1) is 6.92 Å². The number of hydrogen-bond acceptors (Lipinski definition) is 4. The molecule has 0 saturated heterocycles. The van der Waals surface area contributed by atoms with Gasteiger partial charge in [-0.15, -0.1) is 0 Å². The summed E-state index contributed by atoms with van der Waals surface area (Å²) < 4.78 is 28.3. The van der Waals surface area contributed by atoms with Crippen molar-refractivity contribution in [2.75, 3.05) is 5.32 Å². The van der Waals surface area contributed by atoms with Crippen LogP contribution in [-0.4, -0.2) is 31.4 Å². The summed E-state index contributed by atoms with van der Waals surface area (Å²) >= 11 is 5.84. The van der Waals surface area contributed by atoms with E-state index < -0.39 is 30.0 Å². The maximum absolute atomic E-state index is 12.9. The Morgan fingerprint density at radius 3 is 2.52 bits per heavy atom. The Hall–Kier alpha value is -2.49. The number of primary amides is 1. The zero-order chi connectivity index (χ0) is 18.9. The Bertz CT molecular complexity index is 817. The number of amides is 2. The topological polar surface area (TPSA) is 108 Å². The predicted molar refractivity (Wildman–Crippen MR) is 86.7 cm³/mol. The lowest BCUT2D eigenvalue weighted by atomic mass is 10.2.